The van der Waals surface area contributed by atoms with E-state index in [-0.39, 0.29) is 16.8 Å². The van der Waals surface area contributed by atoms with E-state index in [1.807, 2.05) is 6.92 Å². The number of anilines is 1. The summed E-state index contributed by atoms with van der Waals surface area (Å²) in [4.78, 5) is 0.262. The average Bonchev–Trinajstić information content (AvgIpc) is 2.37. The summed E-state index contributed by atoms with van der Waals surface area (Å²) in [5.74, 6) is -0.308. The van der Waals surface area contributed by atoms with E-state index in [0.717, 1.165) is 5.56 Å². The number of halogens is 2. The topological polar surface area (TPSA) is 46.2 Å². The zero-order valence-electron chi connectivity index (χ0n) is 11.6. The molecule has 1 unspecified atom stereocenters. The normalized spacial score (nSPS) is 13.0. The van der Waals surface area contributed by atoms with Crippen LogP contribution < -0.4 is 5.32 Å². The van der Waals surface area contributed by atoms with E-state index in [9.17, 15) is 12.8 Å². The first kappa shape index (κ1) is 16.0. The molecule has 0 saturated carbocycles. The summed E-state index contributed by atoms with van der Waals surface area (Å²) in [6.07, 6.45) is 1.17. The summed E-state index contributed by atoms with van der Waals surface area (Å²) in [7, 11) is -3.24. The Morgan fingerprint density at radius 2 is 1.90 bits per heavy atom. The lowest BCUT2D eigenvalue weighted by Crippen LogP contribution is -2.08. The third-order valence-electron chi connectivity index (χ3n) is 3.07. The Bertz CT molecular complexity index is 762. The van der Waals surface area contributed by atoms with Crippen LogP contribution in [-0.4, -0.2) is 14.7 Å². The second-order valence-corrected chi connectivity index (χ2v) is 7.70. The van der Waals surface area contributed by atoms with Crippen LogP contribution in [0.25, 0.3) is 0 Å². The van der Waals surface area contributed by atoms with Crippen LogP contribution in [0, 0.1) is 5.82 Å². The van der Waals surface area contributed by atoms with Gasteiger partial charge in [0.1, 0.15) is 5.82 Å². The molecule has 0 aliphatic carbocycles. The zero-order valence-corrected chi connectivity index (χ0v) is 14.0. The van der Waals surface area contributed by atoms with Crippen LogP contribution >= 0.6 is 15.9 Å². The van der Waals surface area contributed by atoms with E-state index in [1.54, 1.807) is 30.3 Å². The van der Waals surface area contributed by atoms with Gasteiger partial charge in [-0.05, 0) is 42.8 Å². The second kappa shape index (κ2) is 6.15. The van der Waals surface area contributed by atoms with E-state index in [4.69, 9.17) is 0 Å². The molecule has 1 N–H and O–H groups in total. The first-order valence-electron chi connectivity index (χ1n) is 6.29. The van der Waals surface area contributed by atoms with Gasteiger partial charge >= 0.3 is 0 Å². The number of benzene rings is 2. The van der Waals surface area contributed by atoms with Gasteiger partial charge in [-0.1, -0.05) is 28.1 Å². The van der Waals surface area contributed by atoms with Gasteiger partial charge in [-0.2, -0.15) is 0 Å². The fourth-order valence-corrected chi connectivity index (χ4v) is 3.36. The van der Waals surface area contributed by atoms with Gasteiger partial charge in [-0.25, -0.2) is 12.8 Å². The number of hydrogen-bond acceptors (Lipinski definition) is 3. The lowest BCUT2D eigenvalue weighted by atomic mass is 10.1. The van der Waals surface area contributed by atoms with Crippen LogP contribution in [0.4, 0.5) is 10.1 Å². The van der Waals surface area contributed by atoms with Gasteiger partial charge in [0.2, 0.25) is 0 Å². The third kappa shape index (κ3) is 4.04. The first-order chi connectivity index (χ1) is 9.77. The second-order valence-electron chi connectivity index (χ2n) is 4.83. The van der Waals surface area contributed by atoms with E-state index >= 15 is 0 Å². The third-order valence-corrected chi connectivity index (χ3v) is 4.87. The standard InChI is InChI=1S/C15H15BrFNO2S/c1-10(14-7-6-11(17)8-15(14)16)18-12-4-3-5-13(9-12)21(2,19)20/h3-10,18H,1-2H3. The maximum absolute atomic E-state index is 13.1. The summed E-state index contributed by atoms with van der Waals surface area (Å²) < 4.78 is 36.9. The van der Waals surface area contributed by atoms with Crippen molar-refractivity contribution in [3.05, 3.63) is 58.3 Å². The molecule has 0 amide bonds. The predicted molar refractivity (Wildman–Crippen MR) is 85.7 cm³/mol. The first-order valence-corrected chi connectivity index (χ1v) is 8.97. The zero-order chi connectivity index (χ0) is 15.6. The van der Waals surface area contributed by atoms with Gasteiger partial charge in [0.05, 0.1) is 4.90 Å². The van der Waals surface area contributed by atoms with Crippen molar-refractivity contribution in [3.63, 3.8) is 0 Å². The molecule has 0 aromatic heterocycles. The van der Waals surface area contributed by atoms with Crippen molar-refractivity contribution in [3.8, 4) is 0 Å². The van der Waals surface area contributed by atoms with Crippen molar-refractivity contribution in [2.45, 2.75) is 17.9 Å². The van der Waals surface area contributed by atoms with Gasteiger partial charge in [0, 0.05) is 22.5 Å². The molecule has 0 aliphatic heterocycles. The summed E-state index contributed by atoms with van der Waals surface area (Å²) in [5, 5.41) is 3.21. The van der Waals surface area contributed by atoms with E-state index in [0.29, 0.717) is 10.2 Å². The minimum absolute atomic E-state index is 0.102. The molecule has 6 heteroatoms. The van der Waals surface area contributed by atoms with Crippen LogP contribution in [0.1, 0.15) is 18.5 Å². The Hall–Kier alpha value is -1.40. The summed E-state index contributed by atoms with van der Waals surface area (Å²) in [6.45, 7) is 1.92. The quantitative estimate of drug-likeness (QED) is 0.877. The molecule has 112 valence electrons. The van der Waals surface area contributed by atoms with Gasteiger partial charge in [-0.3, -0.25) is 0 Å². The highest BCUT2D eigenvalue weighted by Gasteiger charge is 2.12. The minimum atomic E-state index is -3.24. The molecule has 2 aromatic rings. The van der Waals surface area contributed by atoms with Crippen LogP contribution in [0.3, 0.4) is 0 Å². The molecule has 0 aliphatic rings. The molecule has 0 radical (unpaired) electrons. The SMILES string of the molecule is CC(Nc1cccc(S(C)(=O)=O)c1)c1ccc(F)cc1Br. The van der Waals surface area contributed by atoms with E-state index in [1.165, 1.54) is 18.4 Å². The Labute approximate surface area is 132 Å². The van der Waals surface area contributed by atoms with Crippen LogP contribution in [0.5, 0.6) is 0 Å². The van der Waals surface area contributed by atoms with Crippen molar-refractivity contribution in [2.24, 2.45) is 0 Å². The van der Waals surface area contributed by atoms with Crippen LogP contribution in [0.15, 0.2) is 51.8 Å². The van der Waals surface area contributed by atoms with Crippen molar-refractivity contribution in [1.29, 1.82) is 0 Å². The minimum Gasteiger partial charge on any atom is -0.378 e. The monoisotopic (exact) mass is 371 g/mol. The molecule has 0 spiro atoms. The number of sulfone groups is 1. The van der Waals surface area contributed by atoms with Gasteiger partial charge in [0.25, 0.3) is 0 Å². The molecule has 0 bridgehead atoms. The van der Waals surface area contributed by atoms with Gasteiger partial charge < -0.3 is 5.32 Å². The maximum Gasteiger partial charge on any atom is 0.175 e. The fraction of sp³-hybridized carbons (Fsp3) is 0.200. The molecule has 21 heavy (non-hydrogen) atoms. The van der Waals surface area contributed by atoms with Crippen molar-refractivity contribution in [2.75, 3.05) is 11.6 Å². The Balaban J connectivity index is 2.25. The molecular weight excluding hydrogens is 357 g/mol. The van der Waals surface area contributed by atoms with Crippen LogP contribution in [0.2, 0.25) is 0 Å². The number of nitrogens with one attached hydrogen (secondary N) is 1. The summed E-state index contributed by atoms with van der Waals surface area (Å²) in [6, 6.07) is 11.0. The lowest BCUT2D eigenvalue weighted by Gasteiger charge is -2.17. The highest BCUT2D eigenvalue weighted by Crippen LogP contribution is 2.27. The number of rotatable bonds is 4. The maximum atomic E-state index is 13.1. The van der Waals surface area contributed by atoms with Crippen molar-refractivity contribution < 1.29 is 12.8 Å². The Kier molecular flexibility index (Phi) is 4.68. The molecule has 3 nitrogen and oxygen atoms in total. The molecule has 0 saturated heterocycles. The van der Waals surface area contributed by atoms with Crippen LogP contribution in [-0.2, 0) is 9.84 Å². The summed E-state index contributed by atoms with van der Waals surface area (Å²) in [5.41, 5.74) is 1.59. The van der Waals surface area contributed by atoms with Gasteiger partial charge in [-0.15, -0.1) is 0 Å². The highest BCUT2D eigenvalue weighted by atomic mass is 79.9. The van der Waals surface area contributed by atoms with Crippen molar-refractivity contribution in [1.82, 2.24) is 0 Å². The van der Waals surface area contributed by atoms with E-state index < -0.39 is 9.84 Å². The molecule has 2 rings (SSSR count). The molecular formula is C15H15BrFNO2S. The number of hydrogen-bond donors (Lipinski definition) is 1. The van der Waals surface area contributed by atoms with Gasteiger partial charge in [0.15, 0.2) is 9.84 Å². The Morgan fingerprint density at radius 1 is 1.19 bits per heavy atom. The molecule has 1 atom stereocenters. The summed E-state index contributed by atoms with van der Waals surface area (Å²) >= 11 is 3.33. The lowest BCUT2D eigenvalue weighted by molar-refractivity contribution is 0.602. The molecule has 0 heterocycles. The van der Waals surface area contributed by atoms with Crippen molar-refractivity contribution >= 4 is 31.5 Å². The smallest absolute Gasteiger partial charge is 0.175 e. The van der Waals surface area contributed by atoms with E-state index in [2.05, 4.69) is 21.2 Å². The molecule has 0 fully saturated rings. The average molecular weight is 372 g/mol. The Morgan fingerprint density at radius 3 is 2.52 bits per heavy atom. The largest absolute Gasteiger partial charge is 0.378 e. The highest BCUT2D eigenvalue weighted by molar-refractivity contribution is 9.10. The fourth-order valence-electron chi connectivity index (χ4n) is 2.00. The molecule has 2 aromatic carbocycles. The predicted octanol–water partition coefficient (Wildman–Crippen LogP) is 4.16.